The molecule has 96 valence electrons. The third kappa shape index (κ3) is 4.35. The maximum Gasteiger partial charge on any atom is 0.258 e. The van der Waals surface area contributed by atoms with Crippen molar-refractivity contribution in [3.63, 3.8) is 0 Å². The van der Waals surface area contributed by atoms with Gasteiger partial charge in [-0.25, -0.2) is 0 Å². The summed E-state index contributed by atoms with van der Waals surface area (Å²) >= 11 is 3.30. The molecule has 1 aromatic carbocycles. The Bertz CT molecular complexity index is 469. The van der Waals surface area contributed by atoms with Crippen molar-refractivity contribution in [2.75, 3.05) is 13.2 Å². The maximum absolute atomic E-state index is 11.3. The number of carbonyl (C=O) groups is 1. The van der Waals surface area contributed by atoms with Gasteiger partial charge in [0.05, 0.1) is 12.2 Å². The van der Waals surface area contributed by atoms with Crippen molar-refractivity contribution in [1.82, 2.24) is 5.32 Å². The highest BCUT2D eigenvalue weighted by molar-refractivity contribution is 9.10. The Morgan fingerprint density at radius 2 is 2.39 bits per heavy atom. The number of ether oxygens (including phenoxy) is 1. The smallest absolute Gasteiger partial charge is 0.258 e. The van der Waals surface area contributed by atoms with Crippen LogP contribution in [0.25, 0.3) is 0 Å². The van der Waals surface area contributed by atoms with Crippen molar-refractivity contribution in [3.05, 3.63) is 28.2 Å². The lowest BCUT2D eigenvalue weighted by Gasteiger charge is -2.13. The number of rotatable bonds is 5. The van der Waals surface area contributed by atoms with Gasteiger partial charge in [-0.1, -0.05) is 15.9 Å². The van der Waals surface area contributed by atoms with Crippen molar-refractivity contribution in [2.24, 2.45) is 0 Å². The molecule has 0 saturated heterocycles. The van der Waals surface area contributed by atoms with E-state index in [1.807, 2.05) is 0 Å². The zero-order chi connectivity index (χ0) is 13.5. The number of nitriles is 1. The number of nitrogens with zero attached hydrogens (tertiary/aromatic N) is 1. The Morgan fingerprint density at radius 3 is 3.00 bits per heavy atom. The number of hydrogen-bond acceptors (Lipinski definition) is 4. The van der Waals surface area contributed by atoms with E-state index in [1.54, 1.807) is 31.2 Å². The Labute approximate surface area is 114 Å². The van der Waals surface area contributed by atoms with Crippen LogP contribution < -0.4 is 10.1 Å². The zero-order valence-electron chi connectivity index (χ0n) is 9.81. The molecule has 6 heteroatoms. The molecule has 5 nitrogen and oxygen atoms in total. The van der Waals surface area contributed by atoms with Crippen molar-refractivity contribution in [1.29, 1.82) is 5.26 Å². The predicted molar refractivity (Wildman–Crippen MR) is 68.9 cm³/mol. The second kappa shape index (κ2) is 6.99. The van der Waals surface area contributed by atoms with Crippen molar-refractivity contribution >= 4 is 21.8 Å². The van der Waals surface area contributed by atoms with E-state index in [0.29, 0.717) is 11.3 Å². The van der Waals surface area contributed by atoms with Gasteiger partial charge in [0.15, 0.2) is 6.61 Å². The first-order chi connectivity index (χ1) is 8.54. The minimum atomic E-state index is -0.695. The molecular weight excluding hydrogens is 300 g/mol. The molecular formula is C12H13BrN2O3. The van der Waals surface area contributed by atoms with E-state index in [9.17, 15) is 9.90 Å². The van der Waals surface area contributed by atoms with Crippen LogP contribution in [0, 0.1) is 11.3 Å². The molecule has 0 aromatic heterocycles. The highest BCUT2D eigenvalue weighted by Crippen LogP contribution is 2.28. The molecule has 0 radical (unpaired) electrons. The summed E-state index contributed by atoms with van der Waals surface area (Å²) in [5.41, 5.74) is 0.595. The van der Waals surface area contributed by atoms with Crippen LogP contribution in [0.1, 0.15) is 18.6 Å². The maximum atomic E-state index is 11.3. The van der Waals surface area contributed by atoms with E-state index in [-0.39, 0.29) is 19.1 Å². The van der Waals surface area contributed by atoms with Gasteiger partial charge in [-0.05, 0) is 25.1 Å². The summed E-state index contributed by atoms with van der Waals surface area (Å²) in [5.74, 6) is 0.0660. The van der Waals surface area contributed by atoms with Crippen LogP contribution in [0.15, 0.2) is 22.7 Å². The fourth-order valence-electron chi connectivity index (χ4n) is 1.31. The van der Waals surface area contributed by atoms with E-state index in [0.717, 1.165) is 4.47 Å². The average Bonchev–Trinajstić information content (AvgIpc) is 2.34. The average molecular weight is 313 g/mol. The molecule has 0 spiro atoms. The first kappa shape index (κ1) is 14.5. The third-order valence-corrected chi connectivity index (χ3v) is 2.64. The topological polar surface area (TPSA) is 82.3 Å². The number of nitrogens with one attached hydrogen (secondary N) is 1. The van der Waals surface area contributed by atoms with E-state index in [2.05, 4.69) is 21.2 Å². The molecule has 0 aliphatic heterocycles. The number of benzene rings is 1. The van der Waals surface area contributed by atoms with Crippen LogP contribution in [-0.4, -0.2) is 24.2 Å². The van der Waals surface area contributed by atoms with Crippen molar-refractivity contribution in [3.8, 4) is 11.8 Å². The van der Waals surface area contributed by atoms with Gasteiger partial charge in [-0.2, -0.15) is 5.26 Å². The molecule has 0 saturated carbocycles. The quantitative estimate of drug-likeness (QED) is 0.808. The second-order valence-electron chi connectivity index (χ2n) is 3.58. The molecule has 0 aliphatic carbocycles. The minimum Gasteiger partial charge on any atom is -0.483 e. The number of aliphatic hydroxyl groups is 1. The van der Waals surface area contributed by atoms with Crippen LogP contribution in [0.5, 0.6) is 5.75 Å². The van der Waals surface area contributed by atoms with Gasteiger partial charge in [0.1, 0.15) is 12.3 Å². The Morgan fingerprint density at radius 1 is 1.67 bits per heavy atom. The number of amides is 1. The molecule has 18 heavy (non-hydrogen) atoms. The molecule has 1 unspecified atom stereocenters. The summed E-state index contributed by atoms with van der Waals surface area (Å²) < 4.78 is 6.13. The molecule has 1 rings (SSSR count). The SMILES string of the molecule is CC(O)c1cc(Br)ccc1OCC(=O)NCC#N. The molecule has 1 aromatic rings. The lowest BCUT2D eigenvalue weighted by atomic mass is 10.1. The first-order valence-electron chi connectivity index (χ1n) is 5.28. The van der Waals surface area contributed by atoms with Crippen molar-refractivity contribution < 1.29 is 14.6 Å². The van der Waals surface area contributed by atoms with E-state index in [4.69, 9.17) is 10.00 Å². The Kier molecular flexibility index (Phi) is 5.62. The van der Waals surface area contributed by atoms with Gasteiger partial charge in [0.2, 0.25) is 0 Å². The van der Waals surface area contributed by atoms with Gasteiger partial charge < -0.3 is 15.2 Å². The fraction of sp³-hybridized carbons (Fsp3) is 0.333. The van der Waals surface area contributed by atoms with Crippen LogP contribution >= 0.6 is 15.9 Å². The van der Waals surface area contributed by atoms with Crippen LogP contribution in [0.4, 0.5) is 0 Å². The largest absolute Gasteiger partial charge is 0.483 e. The lowest BCUT2D eigenvalue weighted by Crippen LogP contribution is -2.29. The minimum absolute atomic E-state index is 0.0498. The van der Waals surface area contributed by atoms with Gasteiger partial charge >= 0.3 is 0 Å². The van der Waals surface area contributed by atoms with Crippen molar-refractivity contribution in [2.45, 2.75) is 13.0 Å². The third-order valence-electron chi connectivity index (χ3n) is 2.15. The Hall–Kier alpha value is -1.58. The van der Waals surface area contributed by atoms with Gasteiger partial charge in [0.25, 0.3) is 5.91 Å². The monoisotopic (exact) mass is 312 g/mol. The molecule has 0 bridgehead atoms. The molecule has 0 aliphatic rings. The van der Waals surface area contributed by atoms with Gasteiger partial charge in [-0.3, -0.25) is 4.79 Å². The summed E-state index contributed by atoms with van der Waals surface area (Å²) in [6, 6.07) is 6.96. The summed E-state index contributed by atoms with van der Waals surface area (Å²) in [6.07, 6.45) is -0.695. The molecule has 1 atom stereocenters. The number of halogens is 1. The number of aliphatic hydroxyl groups excluding tert-OH is 1. The standard InChI is InChI=1S/C12H13BrN2O3/c1-8(16)10-6-9(13)2-3-11(10)18-7-12(17)15-5-4-14/h2-3,6,8,16H,5,7H2,1H3,(H,15,17). The van der Waals surface area contributed by atoms with Gasteiger partial charge in [-0.15, -0.1) is 0 Å². The normalized spacial score (nSPS) is 11.4. The molecule has 0 fully saturated rings. The second-order valence-corrected chi connectivity index (χ2v) is 4.50. The van der Waals surface area contributed by atoms with E-state index < -0.39 is 6.10 Å². The van der Waals surface area contributed by atoms with Crippen LogP contribution in [-0.2, 0) is 4.79 Å². The lowest BCUT2D eigenvalue weighted by molar-refractivity contribution is -0.122. The highest BCUT2D eigenvalue weighted by atomic mass is 79.9. The van der Waals surface area contributed by atoms with Crippen LogP contribution in [0.3, 0.4) is 0 Å². The Balaban J connectivity index is 2.67. The number of hydrogen-bond donors (Lipinski definition) is 2. The predicted octanol–water partition coefficient (Wildman–Crippen LogP) is 1.52. The zero-order valence-corrected chi connectivity index (χ0v) is 11.4. The highest BCUT2D eigenvalue weighted by Gasteiger charge is 2.11. The summed E-state index contributed by atoms with van der Waals surface area (Å²) in [7, 11) is 0. The molecule has 2 N–H and O–H groups in total. The molecule has 1 amide bonds. The van der Waals surface area contributed by atoms with E-state index >= 15 is 0 Å². The molecule has 0 heterocycles. The first-order valence-corrected chi connectivity index (χ1v) is 6.08. The van der Waals surface area contributed by atoms with Gasteiger partial charge in [0, 0.05) is 10.0 Å². The number of carbonyl (C=O) groups excluding carboxylic acids is 1. The fourth-order valence-corrected chi connectivity index (χ4v) is 1.69. The van der Waals surface area contributed by atoms with E-state index in [1.165, 1.54) is 0 Å². The summed E-state index contributed by atoms with van der Waals surface area (Å²) in [4.78, 5) is 11.3. The summed E-state index contributed by atoms with van der Waals surface area (Å²) in [5, 5.41) is 20.3. The summed E-state index contributed by atoms with van der Waals surface area (Å²) in [6.45, 7) is 1.37. The van der Waals surface area contributed by atoms with Crippen LogP contribution in [0.2, 0.25) is 0 Å².